The van der Waals surface area contributed by atoms with Crippen LogP contribution in [0.5, 0.6) is 0 Å². The van der Waals surface area contributed by atoms with Gasteiger partial charge in [0.15, 0.2) is 11.4 Å². The lowest BCUT2D eigenvalue weighted by Gasteiger charge is -2.15. The van der Waals surface area contributed by atoms with Crippen molar-refractivity contribution in [2.24, 2.45) is 0 Å². The minimum absolute atomic E-state index is 0.751. The maximum atomic E-state index is 5.95. The van der Waals surface area contributed by atoms with Crippen LogP contribution in [0.4, 0.5) is 5.82 Å². The van der Waals surface area contributed by atoms with Crippen molar-refractivity contribution >= 4 is 27.9 Å². The fraction of sp³-hybridized carbons (Fsp3) is 0.412. The number of hydrogen-bond acceptors (Lipinski definition) is 4. The van der Waals surface area contributed by atoms with Crippen molar-refractivity contribution in [1.29, 1.82) is 0 Å². The molecule has 3 rings (SSSR count). The Hall–Kier alpha value is -2.14. The zero-order valence-electron chi connectivity index (χ0n) is 13.4. The normalized spacial score (nSPS) is 11.6. The number of quaternary nitrogens is 1. The van der Waals surface area contributed by atoms with Crippen molar-refractivity contribution in [3.05, 3.63) is 30.1 Å². The Bertz CT molecular complexity index is 777. The number of anilines is 1. The smallest absolute Gasteiger partial charge is 0.196 e. The quantitative estimate of drug-likeness (QED) is 0.731. The highest BCUT2D eigenvalue weighted by Gasteiger charge is 2.14. The molecule has 0 atom stereocenters. The number of furan rings is 1. The second-order valence-electron chi connectivity index (χ2n) is 5.53. The van der Waals surface area contributed by atoms with Crippen LogP contribution in [0.3, 0.4) is 0 Å². The van der Waals surface area contributed by atoms with E-state index in [-0.39, 0.29) is 0 Å². The predicted octanol–water partition coefficient (Wildman–Crippen LogP) is 2.02. The van der Waals surface area contributed by atoms with Crippen LogP contribution in [0.1, 0.15) is 19.7 Å². The van der Waals surface area contributed by atoms with Gasteiger partial charge in [-0.05, 0) is 32.9 Å². The fourth-order valence-electron chi connectivity index (χ4n) is 2.78. The van der Waals surface area contributed by atoms with Gasteiger partial charge in [0.1, 0.15) is 16.9 Å². The maximum absolute atomic E-state index is 5.95. The Balaban J connectivity index is 1.92. The molecule has 0 bridgehead atoms. The van der Waals surface area contributed by atoms with Crippen molar-refractivity contribution in [3.63, 3.8) is 0 Å². The SMILES string of the molecule is CC[NH+](CC)CCNc1nc(C)nc2c1oc1ccccc12. The van der Waals surface area contributed by atoms with Crippen LogP contribution in [0, 0.1) is 6.92 Å². The molecule has 0 aliphatic heterocycles. The minimum atomic E-state index is 0.751. The maximum Gasteiger partial charge on any atom is 0.196 e. The molecular formula is C17H23N4O+. The van der Waals surface area contributed by atoms with Gasteiger partial charge in [-0.15, -0.1) is 0 Å². The van der Waals surface area contributed by atoms with Crippen molar-refractivity contribution in [1.82, 2.24) is 9.97 Å². The lowest BCUT2D eigenvalue weighted by atomic mass is 10.2. The van der Waals surface area contributed by atoms with Gasteiger partial charge in [0, 0.05) is 5.39 Å². The van der Waals surface area contributed by atoms with Gasteiger partial charge in [-0.1, -0.05) is 12.1 Å². The summed E-state index contributed by atoms with van der Waals surface area (Å²) < 4.78 is 5.95. The molecule has 1 aromatic carbocycles. The van der Waals surface area contributed by atoms with Crippen LogP contribution in [-0.2, 0) is 0 Å². The highest BCUT2D eigenvalue weighted by atomic mass is 16.3. The standard InChI is InChI=1S/C17H22N4O/c1-4-21(5-2)11-10-18-17-16-15(19-12(3)20-17)13-8-6-7-9-14(13)22-16/h6-9H,4-5,10-11H2,1-3H3,(H,18,19,20)/p+1. The second kappa shape index (κ2) is 6.32. The van der Waals surface area contributed by atoms with Crippen molar-refractivity contribution in [3.8, 4) is 0 Å². The van der Waals surface area contributed by atoms with Crippen LogP contribution in [0.2, 0.25) is 0 Å². The second-order valence-corrected chi connectivity index (χ2v) is 5.53. The van der Waals surface area contributed by atoms with Gasteiger partial charge in [0.05, 0.1) is 26.2 Å². The molecule has 3 aromatic rings. The van der Waals surface area contributed by atoms with E-state index in [9.17, 15) is 0 Å². The summed E-state index contributed by atoms with van der Waals surface area (Å²) in [6.45, 7) is 10.6. The molecule has 0 fully saturated rings. The molecule has 22 heavy (non-hydrogen) atoms. The largest absolute Gasteiger partial charge is 0.450 e. The topological polar surface area (TPSA) is 55.4 Å². The Labute approximate surface area is 130 Å². The molecule has 0 saturated carbocycles. The van der Waals surface area contributed by atoms with E-state index in [0.717, 1.165) is 59.9 Å². The summed E-state index contributed by atoms with van der Waals surface area (Å²) in [5.41, 5.74) is 2.50. The third-order valence-corrected chi connectivity index (χ3v) is 4.10. The first-order chi connectivity index (χ1) is 10.7. The first-order valence-electron chi connectivity index (χ1n) is 7.96. The molecular weight excluding hydrogens is 276 g/mol. The van der Waals surface area contributed by atoms with Crippen molar-refractivity contribution in [2.75, 3.05) is 31.5 Å². The van der Waals surface area contributed by atoms with Crippen LogP contribution in [-0.4, -0.2) is 36.1 Å². The number of rotatable bonds is 6. The molecule has 5 nitrogen and oxygen atoms in total. The molecule has 0 amide bonds. The van der Waals surface area contributed by atoms with E-state index in [1.54, 1.807) is 4.90 Å². The number of fused-ring (bicyclic) bond motifs is 3. The van der Waals surface area contributed by atoms with Gasteiger partial charge >= 0.3 is 0 Å². The van der Waals surface area contributed by atoms with Crippen molar-refractivity contribution in [2.45, 2.75) is 20.8 Å². The number of para-hydroxylation sites is 1. The van der Waals surface area contributed by atoms with Crippen molar-refractivity contribution < 1.29 is 9.32 Å². The summed E-state index contributed by atoms with van der Waals surface area (Å²) in [6.07, 6.45) is 0. The third kappa shape index (κ3) is 2.76. The molecule has 0 radical (unpaired) electrons. The molecule has 0 aliphatic rings. The van der Waals surface area contributed by atoms with E-state index < -0.39 is 0 Å². The number of aromatic nitrogens is 2. The number of nitrogens with one attached hydrogen (secondary N) is 2. The van der Waals surface area contributed by atoms with E-state index >= 15 is 0 Å². The minimum Gasteiger partial charge on any atom is -0.450 e. The average Bonchev–Trinajstić information content (AvgIpc) is 2.90. The Kier molecular flexibility index (Phi) is 4.24. The summed E-state index contributed by atoms with van der Waals surface area (Å²) in [5, 5.41) is 4.46. The highest BCUT2D eigenvalue weighted by molar-refractivity contribution is 6.05. The summed E-state index contributed by atoms with van der Waals surface area (Å²) in [7, 11) is 0. The fourth-order valence-corrected chi connectivity index (χ4v) is 2.78. The molecule has 2 aromatic heterocycles. The molecule has 116 valence electrons. The molecule has 0 saturated heterocycles. The molecule has 2 N–H and O–H groups in total. The first-order valence-corrected chi connectivity index (χ1v) is 7.96. The van der Waals surface area contributed by atoms with Gasteiger partial charge in [-0.25, -0.2) is 9.97 Å². The molecule has 0 aliphatic carbocycles. The molecule has 0 unspecified atom stereocenters. The predicted molar refractivity (Wildman–Crippen MR) is 89.4 cm³/mol. The van der Waals surface area contributed by atoms with Crippen LogP contribution >= 0.6 is 0 Å². The van der Waals surface area contributed by atoms with Gasteiger partial charge in [-0.3, -0.25) is 0 Å². The number of likely N-dealkylation sites (N-methyl/N-ethyl adjacent to an activating group) is 1. The van der Waals surface area contributed by atoms with E-state index in [4.69, 9.17) is 4.42 Å². The van der Waals surface area contributed by atoms with Crippen LogP contribution < -0.4 is 10.2 Å². The van der Waals surface area contributed by atoms with E-state index in [0.29, 0.717) is 0 Å². The summed E-state index contributed by atoms with van der Waals surface area (Å²) in [5.74, 6) is 1.56. The number of hydrogen-bond donors (Lipinski definition) is 2. The summed E-state index contributed by atoms with van der Waals surface area (Å²) in [4.78, 5) is 10.6. The van der Waals surface area contributed by atoms with Gasteiger partial charge in [-0.2, -0.15) is 0 Å². The van der Waals surface area contributed by atoms with E-state index in [1.807, 2.05) is 31.2 Å². The summed E-state index contributed by atoms with van der Waals surface area (Å²) >= 11 is 0. The number of nitrogens with zero attached hydrogens (tertiary/aromatic N) is 2. The average molecular weight is 299 g/mol. The van der Waals surface area contributed by atoms with Crippen LogP contribution in [0.25, 0.3) is 22.1 Å². The first kappa shape index (κ1) is 14.8. The third-order valence-electron chi connectivity index (χ3n) is 4.10. The lowest BCUT2D eigenvalue weighted by Crippen LogP contribution is -3.12. The number of aryl methyl sites for hydroxylation is 1. The van der Waals surface area contributed by atoms with E-state index in [2.05, 4.69) is 29.1 Å². The lowest BCUT2D eigenvalue weighted by molar-refractivity contribution is -0.894. The van der Waals surface area contributed by atoms with Gasteiger partial charge in [0.2, 0.25) is 0 Å². The molecule has 0 spiro atoms. The monoisotopic (exact) mass is 299 g/mol. The molecule has 2 heterocycles. The Morgan fingerprint density at radius 1 is 1.14 bits per heavy atom. The van der Waals surface area contributed by atoms with E-state index in [1.165, 1.54) is 0 Å². The number of benzene rings is 1. The Morgan fingerprint density at radius 2 is 1.91 bits per heavy atom. The van der Waals surface area contributed by atoms with Gasteiger partial charge < -0.3 is 14.6 Å². The zero-order valence-corrected chi connectivity index (χ0v) is 13.4. The van der Waals surface area contributed by atoms with Crippen LogP contribution in [0.15, 0.2) is 28.7 Å². The molecule has 5 heteroatoms. The highest BCUT2D eigenvalue weighted by Crippen LogP contribution is 2.30. The summed E-state index contributed by atoms with van der Waals surface area (Å²) in [6, 6.07) is 7.99. The Morgan fingerprint density at radius 3 is 2.68 bits per heavy atom. The zero-order chi connectivity index (χ0) is 15.5. The van der Waals surface area contributed by atoms with Gasteiger partial charge in [0.25, 0.3) is 0 Å².